The van der Waals surface area contributed by atoms with Crippen LogP contribution >= 0.6 is 0 Å². The number of hydrogen-bond acceptors (Lipinski definition) is 6. The quantitative estimate of drug-likeness (QED) is 0.170. The number of nitrogens with two attached hydrogens (primary N) is 1. The first-order chi connectivity index (χ1) is 18.1. The van der Waals surface area contributed by atoms with E-state index in [2.05, 4.69) is 30.9 Å². The van der Waals surface area contributed by atoms with E-state index in [0.29, 0.717) is 12.1 Å². The van der Waals surface area contributed by atoms with Gasteiger partial charge in [-0.15, -0.1) is 0 Å². The van der Waals surface area contributed by atoms with Crippen molar-refractivity contribution in [1.29, 1.82) is 0 Å². The summed E-state index contributed by atoms with van der Waals surface area (Å²) < 4.78 is 0. The largest absolute Gasteiger partial charge is 0.480 e. The summed E-state index contributed by atoms with van der Waals surface area (Å²) >= 11 is 0. The SMILES string of the molecule is CCC(C)C(N)C(=O)NC(Cc1c[nH]c2ccccc12)C(=O)NC(C)C(=O)NC(Cc1cnc[nH]1)C(=O)O. The Morgan fingerprint density at radius 3 is 2.34 bits per heavy atom. The molecule has 0 aliphatic carbocycles. The maximum atomic E-state index is 13.3. The van der Waals surface area contributed by atoms with E-state index in [1.54, 1.807) is 6.20 Å². The summed E-state index contributed by atoms with van der Waals surface area (Å²) in [7, 11) is 0. The van der Waals surface area contributed by atoms with E-state index in [0.717, 1.165) is 16.5 Å². The van der Waals surface area contributed by atoms with Crippen molar-refractivity contribution in [2.24, 2.45) is 11.7 Å². The molecule has 38 heavy (non-hydrogen) atoms. The third-order valence-electron chi connectivity index (χ3n) is 6.64. The maximum absolute atomic E-state index is 13.3. The van der Waals surface area contributed by atoms with Crippen LogP contribution in [0.5, 0.6) is 0 Å². The van der Waals surface area contributed by atoms with Crippen molar-refractivity contribution in [3.8, 4) is 0 Å². The number of H-pyrrole nitrogens is 2. The lowest BCUT2D eigenvalue weighted by Gasteiger charge is -2.25. The van der Waals surface area contributed by atoms with Crippen molar-refractivity contribution in [2.75, 3.05) is 0 Å². The van der Waals surface area contributed by atoms with Crippen molar-refractivity contribution in [3.63, 3.8) is 0 Å². The van der Waals surface area contributed by atoms with Gasteiger partial charge in [0.15, 0.2) is 0 Å². The summed E-state index contributed by atoms with van der Waals surface area (Å²) in [4.78, 5) is 60.4. The molecule has 12 heteroatoms. The van der Waals surface area contributed by atoms with E-state index >= 15 is 0 Å². The van der Waals surface area contributed by atoms with E-state index in [4.69, 9.17) is 5.73 Å². The minimum absolute atomic E-state index is 0.00547. The van der Waals surface area contributed by atoms with Crippen LogP contribution < -0.4 is 21.7 Å². The van der Waals surface area contributed by atoms with Crippen LogP contribution in [0.1, 0.15) is 38.4 Å². The molecule has 1 aromatic carbocycles. The van der Waals surface area contributed by atoms with Crippen LogP contribution in [-0.2, 0) is 32.0 Å². The number of para-hydroxylation sites is 1. The molecule has 12 nitrogen and oxygen atoms in total. The van der Waals surface area contributed by atoms with E-state index in [1.807, 2.05) is 38.1 Å². The van der Waals surface area contributed by atoms with Crippen molar-refractivity contribution in [3.05, 3.63) is 54.2 Å². The minimum Gasteiger partial charge on any atom is -0.480 e. The van der Waals surface area contributed by atoms with E-state index < -0.39 is 47.9 Å². The Morgan fingerprint density at radius 2 is 1.68 bits per heavy atom. The van der Waals surface area contributed by atoms with Gasteiger partial charge in [0.2, 0.25) is 17.7 Å². The summed E-state index contributed by atoms with van der Waals surface area (Å²) in [5.74, 6) is -3.07. The lowest BCUT2D eigenvalue weighted by atomic mass is 9.98. The highest BCUT2D eigenvalue weighted by atomic mass is 16.4. The highest BCUT2D eigenvalue weighted by Gasteiger charge is 2.30. The lowest BCUT2D eigenvalue weighted by Crippen LogP contribution is -2.57. The van der Waals surface area contributed by atoms with Gasteiger partial charge in [-0.2, -0.15) is 0 Å². The predicted molar refractivity (Wildman–Crippen MR) is 141 cm³/mol. The molecular formula is C26H35N7O5. The van der Waals surface area contributed by atoms with Crippen LogP contribution in [0.25, 0.3) is 10.9 Å². The van der Waals surface area contributed by atoms with Crippen LogP contribution in [0.3, 0.4) is 0 Å². The van der Waals surface area contributed by atoms with Crippen molar-refractivity contribution in [1.82, 2.24) is 30.9 Å². The number of amides is 3. The Morgan fingerprint density at radius 1 is 0.974 bits per heavy atom. The number of hydrogen-bond donors (Lipinski definition) is 7. The van der Waals surface area contributed by atoms with Gasteiger partial charge in [-0.05, 0) is 24.5 Å². The molecule has 3 rings (SSSR count). The summed E-state index contributed by atoms with van der Waals surface area (Å²) in [6.45, 7) is 5.22. The smallest absolute Gasteiger partial charge is 0.326 e. The minimum atomic E-state index is -1.23. The van der Waals surface area contributed by atoms with Gasteiger partial charge in [0.05, 0.1) is 12.4 Å². The van der Waals surface area contributed by atoms with Crippen molar-refractivity contribution in [2.45, 2.75) is 64.2 Å². The second kappa shape index (κ2) is 12.9. The first kappa shape index (κ1) is 28.4. The summed E-state index contributed by atoms with van der Waals surface area (Å²) in [6.07, 6.45) is 5.49. The number of aromatic nitrogens is 3. The number of nitrogens with one attached hydrogen (secondary N) is 5. The average molecular weight is 526 g/mol. The van der Waals surface area contributed by atoms with Crippen molar-refractivity contribution >= 4 is 34.6 Å². The fraction of sp³-hybridized carbons (Fsp3) is 0.423. The number of rotatable bonds is 13. The molecule has 204 valence electrons. The van der Waals surface area contributed by atoms with Gasteiger partial charge in [-0.1, -0.05) is 38.5 Å². The maximum Gasteiger partial charge on any atom is 0.326 e. The fourth-order valence-corrected chi connectivity index (χ4v) is 4.00. The number of carboxylic acids is 1. The van der Waals surface area contributed by atoms with Gasteiger partial charge in [0.1, 0.15) is 18.1 Å². The highest BCUT2D eigenvalue weighted by molar-refractivity contribution is 5.94. The number of aromatic amines is 2. The van der Waals surface area contributed by atoms with Crippen LogP contribution in [0.15, 0.2) is 43.0 Å². The number of carboxylic acid groups (broad SMARTS) is 1. The van der Waals surface area contributed by atoms with Crippen molar-refractivity contribution < 1.29 is 24.3 Å². The summed E-state index contributed by atoms with van der Waals surface area (Å²) in [5, 5.41) is 18.2. The number of benzene rings is 1. The highest BCUT2D eigenvalue weighted by Crippen LogP contribution is 2.19. The molecule has 8 N–H and O–H groups in total. The van der Waals surface area contributed by atoms with E-state index in [1.165, 1.54) is 19.4 Å². The molecule has 2 heterocycles. The molecule has 0 spiro atoms. The molecule has 0 aliphatic heterocycles. The molecular weight excluding hydrogens is 490 g/mol. The Kier molecular flexibility index (Phi) is 9.61. The first-order valence-electron chi connectivity index (χ1n) is 12.5. The first-order valence-corrected chi connectivity index (χ1v) is 12.5. The van der Waals surface area contributed by atoms with E-state index in [9.17, 15) is 24.3 Å². The molecule has 0 saturated heterocycles. The number of imidazole rings is 1. The van der Waals surface area contributed by atoms with Gasteiger partial charge < -0.3 is 36.8 Å². The fourth-order valence-electron chi connectivity index (χ4n) is 4.00. The zero-order chi connectivity index (χ0) is 27.8. The number of carbonyl (C=O) groups is 4. The standard InChI is InChI=1S/C26H35N7O5/c1-4-14(2)22(27)25(36)32-20(9-16-11-29-19-8-6-5-7-18(16)19)24(35)31-15(3)23(34)33-21(26(37)38)10-17-12-28-13-30-17/h5-8,11-15,20-22,29H,4,9-10,27H2,1-3H3,(H,28,30)(H,31,35)(H,32,36)(H,33,34)(H,37,38). The van der Waals surface area contributed by atoms with Gasteiger partial charge >= 0.3 is 5.97 Å². The molecule has 3 amide bonds. The topological polar surface area (TPSA) is 195 Å². The molecule has 3 aromatic rings. The zero-order valence-electron chi connectivity index (χ0n) is 21.7. The monoisotopic (exact) mass is 525 g/mol. The Hall–Kier alpha value is -4.19. The predicted octanol–water partition coefficient (Wildman–Crippen LogP) is 0.609. The molecule has 2 aromatic heterocycles. The Balaban J connectivity index is 1.73. The van der Waals surface area contributed by atoms with Crippen LogP contribution in [0.2, 0.25) is 0 Å². The molecule has 5 unspecified atom stereocenters. The normalized spacial score (nSPS) is 15.2. The molecule has 5 atom stereocenters. The summed E-state index contributed by atoms with van der Waals surface area (Å²) in [6, 6.07) is 3.45. The summed E-state index contributed by atoms with van der Waals surface area (Å²) in [5.41, 5.74) is 8.32. The van der Waals surface area contributed by atoms with Gasteiger partial charge in [0, 0.05) is 41.8 Å². The third kappa shape index (κ3) is 7.19. The molecule has 0 bridgehead atoms. The van der Waals surface area contributed by atoms with Crippen LogP contribution in [0, 0.1) is 5.92 Å². The molecule has 0 fully saturated rings. The number of carbonyl (C=O) groups excluding carboxylic acids is 3. The zero-order valence-corrected chi connectivity index (χ0v) is 21.7. The lowest BCUT2D eigenvalue weighted by molar-refractivity contribution is -0.142. The second-order valence-electron chi connectivity index (χ2n) is 9.45. The average Bonchev–Trinajstić information content (AvgIpc) is 3.56. The molecule has 0 saturated carbocycles. The Bertz CT molecular complexity index is 1260. The van der Waals surface area contributed by atoms with Gasteiger partial charge in [0.25, 0.3) is 0 Å². The second-order valence-corrected chi connectivity index (χ2v) is 9.45. The van der Waals surface area contributed by atoms with E-state index in [-0.39, 0.29) is 18.8 Å². The van der Waals surface area contributed by atoms with Gasteiger partial charge in [-0.3, -0.25) is 14.4 Å². The Labute approximate surface area is 220 Å². The van der Waals surface area contributed by atoms with Gasteiger partial charge in [-0.25, -0.2) is 9.78 Å². The third-order valence-corrected chi connectivity index (χ3v) is 6.64. The molecule has 0 aliphatic rings. The number of aliphatic carboxylic acids is 1. The number of fused-ring (bicyclic) bond motifs is 1. The van der Waals surface area contributed by atoms with Crippen LogP contribution in [0.4, 0.5) is 0 Å². The van der Waals surface area contributed by atoms with Crippen LogP contribution in [-0.4, -0.2) is 67.9 Å². The number of nitrogens with zero attached hydrogens (tertiary/aromatic N) is 1. The molecule has 0 radical (unpaired) electrons.